The van der Waals surface area contributed by atoms with Gasteiger partial charge in [-0.05, 0) is 48.9 Å². The topological polar surface area (TPSA) is 55.6 Å². The van der Waals surface area contributed by atoms with Gasteiger partial charge in [0.15, 0.2) is 11.7 Å². The smallest absolute Gasteiger partial charge is 0.223 e. The number of hydrogen-bond donors (Lipinski definition) is 0. The Morgan fingerprint density at radius 1 is 1.21 bits per heavy atom. The molecule has 0 atom stereocenters. The number of nitrogens with zero attached hydrogens (tertiary/aromatic N) is 2. The largest absolute Gasteiger partial charge is 0.497 e. The van der Waals surface area contributed by atoms with Gasteiger partial charge in [-0.2, -0.15) is 0 Å². The zero-order valence-corrected chi connectivity index (χ0v) is 16.8. The van der Waals surface area contributed by atoms with Gasteiger partial charge in [0.25, 0.3) is 0 Å². The predicted octanol–water partition coefficient (Wildman–Crippen LogP) is 4.98. The van der Waals surface area contributed by atoms with Crippen LogP contribution in [0.5, 0.6) is 5.75 Å². The average Bonchev–Trinajstić information content (AvgIpc) is 3.19. The Balaban J connectivity index is 1.58. The van der Waals surface area contributed by atoms with Crippen LogP contribution in [-0.4, -0.2) is 29.4 Å². The monoisotopic (exact) mass is 398 g/mol. The molecule has 0 radical (unpaired) electrons. The van der Waals surface area contributed by atoms with Crippen molar-refractivity contribution in [3.05, 3.63) is 71.2 Å². The number of amides is 1. The lowest BCUT2D eigenvalue weighted by molar-refractivity contribution is -0.131. The van der Waals surface area contributed by atoms with Gasteiger partial charge in [-0.15, -0.1) is 0 Å². The molecular formula is C22H23ClN2O3. The van der Waals surface area contributed by atoms with Crippen molar-refractivity contribution in [1.82, 2.24) is 9.88 Å². The third kappa shape index (κ3) is 5.14. The highest BCUT2D eigenvalue weighted by Gasteiger charge is 2.14. The normalized spacial score (nSPS) is 10.7. The van der Waals surface area contributed by atoms with Gasteiger partial charge in [-0.25, -0.2) is 4.98 Å². The molecule has 1 aromatic heterocycles. The summed E-state index contributed by atoms with van der Waals surface area (Å²) in [5.41, 5.74) is 1.93. The Bertz CT molecular complexity index is 922. The van der Waals surface area contributed by atoms with E-state index in [1.165, 1.54) is 0 Å². The van der Waals surface area contributed by atoms with Crippen LogP contribution in [0.1, 0.15) is 24.8 Å². The fourth-order valence-corrected chi connectivity index (χ4v) is 3.13. The first kappa shape index (κ1) is 20.0. The van der Waals surface area contributed by atoms with E-state index in [9.17, 15) is 4.79 Å². The molecule has 0 aliphatic heterocycles. The fourth-order valence-electron chi connectivity index (χ4n) is 2.92. The Hall–Kier alpha value is -2.79. The van der Waals surface area contributed by atoms with Crippen molar-refractivity contribution in [2.24, 2.45) is 0 Å². The van der Waals surface area contributed by atoms with Gasteiger partial charge in [0, 0.05) is 36.5 Å². The lowest BCUT2D eigenvalue weighted by atomic mass is 10.2. The minimum Gasteiger partial charge on any atom is -0.497 e. The molecule has 5 nitrogen and oxygen atoms in total. The number of carbonyl (C=O) groups excluding carboxylic acids is 1. The maximum Gasteiger partial charge on any atom is 0.223 e. The van der Waals surface area contributed by atoms with Crippen LogP contribution in [0, 0.1) is 0 Å². The van der Waals surface area contributed by atoms with Crippen LogP contribution in [0.15, 0.2) is 59.1 Å². The summed E-state index contributed by atoms with van der Waals surface area (Å²) in [7, 11) is 1.63. The van der Waals surface area contributed by atoms with Crippen molar-refractivity contribution >= 4 is 17.5 Å². The molecule has 28 heavy (non-hydrogen) atoms. The van der Waals surface area contributed by atoms with Gasteiger partial charge in [-0.3, -0.25) is 4.79 Å². The number of carbonyl (C=O) groups is 1. The second kappa shape index (κ2) is 9.42. The van der Waals surface area contributed by atoms with Crippen LogP contribution in [0.4, 0.5) is 0 Å². The van der Waals surface area contributed by atoms with Gasteiger partial charge in [0.1, 0.15) is 5.75 Å². The maximum absolute atomic E-state index is 12.6. The van der Waals surface area contributed by atoms with Crippen LogP contribution in [0.25, 0.3) is 11.3 Å². The second-order valence-electron chi connectivity index (χ2n) is 6.38. The summed E-state index contributed by atoms with van der Waals surface area (Å²) in [6, 6.07) is 15.1. The second-order valence-corrected chi connectivity index (χ2v) is 6.82. The Kier molecular flexibility index (Phi) is 6.71. The van der Waals surface area contributed by atoms with Gasteiger partial charge in [-0.1, -0.05) is 23.7 Å². The average molecular weight is 399 g/mol. The van der Waals surface area contributed by atoms with E-state index in [4.69, 9.17) is 20.8 Å². The Morgan fingerprint density at radius 2 is 2.00 bits per heavy atom. The van der Waals surface area contributed by atoms with Crippen molar-refractivity contribution < 1.29 is 13.9 Å². The molecule has 6 heteroatoms. The minimum atomic E-state index is 0.0617. The molecule has 0 aliphatic rings. The Morgan fingerprint density at radius 3 is 2.68 bits per heavy atom. The lowest BCUT2D eigenvalue weighted by Crippen LogP contribution is -2.30. The van der Waals surface area contributed by atoms with E-state index >= 15 is 0 Å². The first-order valence-electron chi connectivity index (χ1n) is 9.20. The highest BCUT2D eigenvalue weighted by atomic mass is 35.5. The number of aromatic nitrogens is 1. The van der Waals surface area contributed by atoms with Crippen LogP contribution >= 0.6 is 11.6 Å². The Labute approximate surface area is 169 Å². The summed E-state index contributed by atoms with van der Waals surface area (Å²) in [5.74, 6) is 2.08. The third-order valence-electron chi connectivity index (χ3n) is 4.48. The van der Waals surface area contributed by atoms with Gasteiger partial charge >= 0.3 is 0 Å². The number of methoxy groups -OCH3 is 1. The van der Waals surface area contributed by atoms with E-state index < -0.39 is 0 Å². The molecule has 2 aromatic carbocycles. The van der Waals surface area contributed by atoms with Gasteiger partial charge in [0.2, 0.25) is 5.91 Å². The summed E-state index contributed by atoms with van der Waals surface area (Å²) in [6.07, 6.45) is 2.49. The standard InChI is InChI=1S/C22H23ClN2O3/c1-3-25(15-16-5-4-6-18(23)13-16)22(26)12-11-21-24-14-20(28-21)17-7-9-19(27-2)10-8-17/h4-10,13-14H,3,11-12,15H2,1-2H3. The highest BCUT2D eigenvalue weighted by Crippen LogP contribution is 2.23. The quantitative estimate of drug-likeness (QED) is 0.536. The van der Waals surface area contributed by atoms with E-state index in [2.05, 4.69) is 4.98 Å². The highest BCUT2D eigenvalue weighted by molar-refractivity contribution is 6.30. The minimum absolute atomic E-state index is 0.0617. The van der Waals surface area contributed by atoms with Crippen LogP contribution in [0.2, 0.25) is 5.02 Å². The molecule has 146 valence electrons. The van der Waals surface area contributed by atoms with Crippen molar-refractivity contribution in [2.75, 3.05) is 13.7 Å². The van der Waals surface area contributed by atoms with E-state index in [1.54, 1.807) is 18.2 Å². The predicted molar refractivity (Wildman–Crippen MR) is 109 cm³/mol. The molecule has 0 saturated heterocycles. The number of hydrogen-bond acceptors (Lipinski definition) is 4. The molecule has 3 rings (SSSR count). The number of benzene rings is 2. The van der Waals surface area contributed by atoms with Crippen molar-refractivity contribution in [3.8, 4) is 17.1 Å². The van der Waals surface area contributed by atoms with Crippen molar-refractivity contribution in [1.29, 1.82) is 0 Å². The zero-order valence-electron chi connectivity index (χ0n) is 16.0. The molecule has 1 heterocycles. The molecule has 0 fully saturated rings. The van der Waals surface area contributed by atoms with Crippen LogP contribution < -0.4 is 4.74 Å². The molecule has 3 aromatic rings. The lowest BCUT2D eigenvalue weighted by Gasteiger charge is -2.21. The number of ether oxygens (including phenoxy) is 1. The van der Waals surface area contributed by atoms with E-state index in [-0.39, 0.29) is 5.91 Å². The van der Waals surface area contributed by atoms with E-state index in [0.29, 0.717) is 42.6 Å². The van der Waals surface area contributed by atoms with Crippen LogP contribution in [-0.2, 0) is 17.8 Å². The number of aryl methyl sites for hydroxylation is 1. The summed E-state index contributed by atoms with van der Waals surface area (Å²) in [4.78, 5) is 18.7. The molecule has 0 unspecified atom stereocenters. The van der Waals surface area contributed by atoms with Crippen molar-refractivity contribution in [3.63, 3.8) is 0 Å². The molecule has 0 spiro atoms. The van der Waals surface area contributed by atoms with Crippen molar-refractivity contribution in [2.45, 2.75) is 26.3 Å². The third-order valence-corrected chi connectivity index (χ3v) is 4.71. The molecular weight excluding hydrogens is 376 g/mol. The molecule has 1 amide bonds. The first-order valence-corrected chi connectivity index (χ1v) is 9.58. The molecule has 0 bridgehead atoms. The summed E-state index contributed by atoms with van der Waals surface area (Å²) < 4.78 is 11.0. The first-order chi connectivity index (χ1) is 13.6. The van der Waals surface area contributed by atoms with E-state index in [1.807, 2.05) is 55.5 Å². The summed E-state index contributed by atoms with van der Waals surface area (Å²) in [5, 5.41) is 0.673. The zero-order chi connectivity index (χ0) is 19.9. The van der Waals surface area contributed by atoms with E-state index in [0.717, 1.165) is 16.9 Å². The van der Waals surface area contributed by atoms with Crippen LogP contribution in [0.3, 0.4) is 0 Å². The van der Waals surface area contributed by atoms with Gasteiger partial charge < -0.3 is 14.1 Å². The summed E-state index contributed by atoms with van der Waals surface area (Å²) in [6.45, 7) is 3.14. The van der Waals surface area contributed by atoms with Gasteiger partial charge in [0.05, 0.1) is 13.3 Å². The number of halogens is 1. The molecule has 0 saturated carbocycles. The maximum atomic E-state index is 12.6. The fraction of sp³-hybridized carbons (Fsp3) is 0.273. The number of oxazole rings is 1. The molecule has 0 aliphatic carbocycles. The number of rotatable bonds is 8. The molecule has 0 N–H and O–H groups in total. The summed E-state index contributed by atoms with van der Waals surface area (Å²) >= 11 is 6.03. The SMILES string of the molecule is CCN(Cc1cccc(Cl)c1)C(=O)CCc1ncc(-c2ccc(OC)cc2)o1.